The Kier molecular flexibility index (Phi) is 3.99. The smallest absolute Gasteiger partial charge is 0.168 e. The third kappa shape index (κ3) is 2.54. The largest absolute Gasteiger partial charge is 0.494 e. The van der Waals surface area contributed by atoms with Gasteiger partial charge >= 0.3 is 0 Å². The summed E-state index contributed by atoms with van der Waals surface area (Å²) in [6.45, 7) is 1.94. The fraction of sp³-hybridized carbons (Fsp3) is 0.286. The lowest BCUT2D eigenvalue weighted by molar-refractivity contribution is 0.176. The average Bonchev–Trinajstić information content (AvgIpc) is 2.78. The molecule has 0 radical (unpaired) electrons. The molecule has 0 aliphatic carbocycles. The number of hydrogen-bond donors (Lipinski definition) is 1. The highest BCUT2D eigenvalue weighted by Gasteiger charge is 2.16. The number of ether oxygens (including phenoxy) is 1. The van der Waals surface area contributed by atoms with E-state index in [0.717, 1.165) is 11.1 Å². The van der Waals surface area contributed by atoms with Crippen LogP contribution in [0.3, 0.4) is 0 Å². The summed E-state index contributed by atoms with van der Waals surface area (Å²) in [4.78, 5) is 0. The van der Waals surface area contributed by atoms with Crippen LogP contribution in [0.15, 0.2) is 29.0 Å². The van der Waals surface area contributed by atoms with Crippen LogP contribution in [0.25, 0.3) is 0 Å². The molecule has 1 aromatic carbocycles. The van der Waals surface area contributed by atoms with Crippen LogP contribution in [0.5, 0.6) is 5.75 Å². The lowest BCUT2D eigenvalue weighted by Gasteiger charge is -2.12. The Hall–Kier alpha value is -1.39. The van der Waals surface area contributed by atoms with E-state index in [1.165, 1.54) is 18.4 Å². The quantitative estimate of drug-likeness (QED) is 0.918. The van der Waals surface area contributed by atoms with Crippen molar-refractivity contribution in [3.8, 4) is 5.75 Å². The predicted octanol–water partition coefficient (Wildman–Crippen LogP) is 3.48. The number of halogens is 1. The van der Waals surface area contributed by atoms with E-state index in [1.54, 1.807) is 18.2 Å². The van der Waals surface area contributed by atoms with E-state index in [4.69, 9.17) is 4.74 Å². The summed E-state index contributed by atoms with van der Waals surface area (Å²) in [5.41, 5.74) is 2.37. The highest BCUT2D eigenvalue weighted by Crippen LogP contribution is 2.28. The van der Waals surface area contributed by atoms with Crippen molar-refractivity contribution in [1.29, 1.82) is 0 Å². The molecule has 4 heteroatoms. The van der Waals surface area contributed by atoms with Crippen LogP contribution in [0.4, 0.5) is 4.39 Å². The number of aliphatic hydroxyl groups excluding tert-OH is 1. The number of aliphatic hydroxyl groups is 1. The van der Waals surface area contributed by atoms with Gasteiger partial charge in [-0.3, -0.25) is 0 Å². The average molecular weight is 266 g/mol. The Balaban J connectivity index is 2.22. The second-order valence-corrected chi connectivity index (χ2v) is 4.91. The molecule has 0 amide bonds. The van der Waals surface area contributed by atoms with Gasteiger partial charge in [-0.05, 0) is 40.4 Å². The lowest BCUT2D eigenvalue weighted by atomic mass is 10.0. The summed E-state index contributed by atoms with van der Waals surface area (Å²) in [7, 11) is 1.43. The summed E-state index contributed by atoms with van der Waals surface area (Å²) in [5.74, 6) is -0.186. The van der Waals surface area contributed by atoms with Crippen molar-refractivity contribution in [3.05, 3.63) is 51.5 Å². The number of aryl methyl sites for hydroxylation is 1. The molecule has 1 aromatic heterocycles. The highest BCUT2D eigenvalue weighted by atomic mass is 32.1. The maximum atomic E-state index is 13.9. The van der Waals surface area contributed by atoms with E-state index in [9.17, 15) is 9.50 Å². The zero-order valence-electron chi connectivity index (χ0n) is 10.3. The van der Waals surface area contributed by atoms with Crippen molar-refractivity contribution in [1.82, 2.24) is 0 Å². The van der Waals surface area contributed by atoms with Crippen LogP contribution < -0.4 is 4.74 Å². The summed E-state index contributed by atoms with van der Waals surface area (Å²) in [6, 6.07) is 4.97. The molecule has 1 atom stereocenters. The van der Waals surface area contributed by atoms with Crippen molar-refractivity contribution < 1.29 is 14.2 Å². The van der Waals surface area contributed by atoms with Crippen molar-refractivity contribution >= 4 is 11.3 Å². The lowest BCUT2D eigenvalue weighted by Crippen LogP contribution is -2.04. The van der Waals surface area contributed by atoms with E-state index in [1.807, 2.05) is 17.7 Å². The zero-order chi connectivity index (χ0) is 13.1. The van der Waals surface area contributed by atoms with Gasteiger partial charge in [0.15, 0.2) is 11.6 Å². The Morgan fingerprint density at radius 2 is 2.17 bits per heavy atom. The van der Waals surface area contributed by atoms with Gasteiger partial charge < -0.3 is 9.84 Å². The SMILES string of the molecule is COc1cccc(CC(O)c2cscc2C)c1F. The standard InChI is InChI=1S/C14H15FO2S/c1-9-7-18-8-11(9)12(16)6-10-4-3-5-13(17-2)14(10)15/h3-5,7-8,12,16H,6H2,1-2H3. The minimum absolute atomic E-state index is 0.210. The van der Waals surface area contributed by atoms with Gasteiger partial charge in [0.2, 0.25) is 0 Å². The molecule has 0 saturated carbocycles. The topological polar surface area (TPSA) is 29.5 Å². The number of benzene rings is 1. The molecular weight excluding hydrogens is 251 g/mol. The van der Waals surface area contributed by atoms with Crippen molar-refractivity contribution in [2.45, 2.75) is 19.4 Å². The van der Waals surface area contributed by atoms with Crippen LogP contribution in [-0.4, -0.2) is 12.2 Å². The molecule has 0 fully saturated rings. The molecule has 0 spiro atoms. The Morgan fingerprint density at radius 3 is 2.78 bits per heavy atom. The molecule has 2 nitrogen and oxygen atoms in total. The first-order chi connectivity index (χ1) is 8.63. The van der Waals surface area contributed by atoms with Gasteiger partial charge in [-0.2, -0.15) is 11.3 Å². The molecule has 0 aliphatic heterocycles. The molecular formula is C14H15FO2S. The van der Waals surface area contributed by atoms with Gasteiger partial charge in [-0.25, -0.2) is 4.39 Å². The van der Waals surface area contributed by atoms with Crippen molar-refractivity contribution in [3.63, 3.8) is 0 Å². The van der Waals surface area contributed by atoms with Crippen LogP contribution in [0.2, 0.25) is 0 Å². The zero-order valence-corrected chi connectivity index (χ0v) is 11.1. The van der Waals surface area contributed by atoms with E-state index >= 15 is 0 Å². The van der Waals surface area contributed by atoms with Crippen LogP contribution in [-0.2, 0) is 6.42 Å². The summed E-state index contributed by atoms with van der Waals surface area (Å²) in [5, 5.41) is 14.0. The number of thiophene rings is 1. The van der Waals surface area contributed by atoms with Gasteiger partial charge in [0, 0.05) is 6.42 Å². The van der Waals surface area contributed by atoms with E-state index in [0.29, 0.717) is 5.56 Å². The van der Waals surface area contributed by atoms with E-state index < -0.39 is 11.9 Å². The third-order valence-electron chi connectivity index (χ3n) is 2.93. The molecule has 1 N–H and O–H groups in total. The minimum atomic E-state index is -0.683. The minimum Gasteiger partial charge on any atom is -0.494 e. The molecule has 96 valence electrons. The fourth-order valence-electron chi connectivity index (χ4n) is 1.90. The Morgan fingerprint density at radius 1 is 1.39 bits per heavy atom. The molecule has 0 bridgehead atoms. The maximum Gasteiger partial charge on any atom is 0.168 e. The second kappa shape index (κ2) is 5.50. The van der Waals surface area contributed by atoms with Gasteiger partial charge in [-0.15, -0.1) is 0 Å². The first-order valence-corrected chi connectivity index (χ1v) is 6.60. The van der Waals surface area contributed by atoms with Gasteiger partial charge in [-0.1, -0.05) is 12.1 Å². The number of hydrogen-bond acceptors (Lipinski definition) is 3. The second-order valence-electron chi connectivity index (χ2n) is 4.16. The van der Waals surface area contributed by atoms with E-state index in [-0.39, 0.29) is 12.2 Å². The van der Waals surface area contributed by atoms with Crippen molar-refractivity contribution in [2.75, 3.05) is 7.11 Å². The van der Waals surface area contributed by atoms with Crippen LogP contribution in [0.1, 0.15) is 22.8 Å². The van der Waals surface area contributed by atoms with Crippen molar-refractivity contribution in [2.24, 2.45) is 0 Å². The molecule has 2 rings (SSSR count). The Labute approximate surface area is 110 Å². The first kappa shape index (κ1) is 13.1. The first-order valence-electron chi connectivity index (χ1n) is 5.65. The molecule has 2 aromatic rings. The van der Waals surface area contributed by atoms with Gasteiger partial charge in [0.25, 0.3) is 0 Å². The van der Waals surface area contributed by atoms with Gasteiger partial charge in [0.05, 0.1) is 13.2 Å². The normalized spacial score (nSPS) is 12.4. The third-order valence-corrected chi connectivity index (χ3v) is 3.81. The fourth-order valence-corrected chi connectivity index (χ4v) is 2.80. The van der Waals surface area contributed by atoms with Gasteiger partial charge in [0.1, 0.15) is 0 Å². The summed E-state index contributed by atoms with van der Waals surface area (Å²) >= 11 is 1.54. The summed E-state index contributed by atoms with van der Waals surface area (Å²) < 4.78 is 18.9. The molecule has 1 unspecified atom stereocenters. The van der Waals surface area contributed by atoms with E-state index in [2.05, 4.69) is 0 Å². The molecule has 18 heavy (non-hydrogen) atoms. The highest BCUT2D eigenvalue weighted by molar-refractivity contribution is 7.08. The number of rotatable bonds is 4. The number of methoxy groups -OCH3 is 1. The Bertz CT molecular complexity index is 536. The summed E-state index contributed by atoms with van der Waals surface area (Å²) in [6.07, 6.45) is -0.432. The van der Waals surface area contributed by atoms with Crippen LogP contribution >= 0.6 is 11.3 Å². The predicted molar refractivity (Wildman–Crippen MR) is 70.7 cm³/mol. The molecule has 1 heterocycles. The van der Waals surface area contributed by atoms with Crippen LogP contribution in [0, 0.1) is 12.7 Å². The molecule has 0 saturated heterocycles. The monoisotopic (exact) mass is 266 g/mol. The molecule has 0 aliphatic rings. The maximum absolute atomic E-state index is 13.9.